The zero-order valence-electron chi connectivity index (χ0n) is 9.78. The smallest absolute Gasteiger partial charge is 0.229 e. The van der Waals surface area contributed by atoms with Crippen LogP contribution in [-0.2, 0) is 10.6 Å². The van der Waals surface area contributed by atoms with Gasteiger partial charge in [-0.05, 0) is 0 Å². The molecule has 0 amide bonds. The summed E-state index contributed by atoms with van der Waals surface area (Å²) in [6.45, 7) is 2.93. The van der Waals surface area contributed by atoms with Gasteiger partial charge in [0.1, 0.15) is 5.52 Å². The fourth-order valence-corrected chi connectivity index (χ4v) is 2.17. The van der Waals surface area contributed by atoms with Crippen molar-refractivity contribution in [1.82, 2.24) is 19.5 Å². The van der Waals surface area contributed by atoms with Gasteiger partial charge in [-0.2, -0.15) is 22.6 Å². The molecule has 2 aromatic rings. The summed E-state index contributed by atoms with van der Waals surface area (Å²) in [6, 6.07) is 0. The molecule has 1 saturated heterocycles. The van der Waals surface area contributed by atoms with E-state index >= 15 is 0 Å². The molecule has 2 aromatic heterocycles. The SMILES string of the molecule is Nc1nc(N2CCOCC2)nc2c1ncn2CS. The van der Waals surface area contributed by atoms with Crippen LogP contribution in [-0.4, -0.2) is 45.8 Å². The van der Waals surface area contributed by atoms with Gasteiger partial charge < -0.3 is 19.9 Å². The molecule has 1 aliphatic rings. The number of morpholine rings is 1. The van der Waals surface area contributed by atoms with Crippen molar-refractivity contribution < 1.29 is 4.74 Å². The number of ether oxygens (including phenoxy) is 1. The molecular weight excluding hydrogens is 252 g/mol. The molecule has 0 radical (unpaired) electrons. The van der Waals surface area contributed by atoms with E-state index in [4.69, 9.17) is 10.5 Å². The van der Waals surface area contributed by atoms with Crippen molar-refractivity contribution in [3.63, 3.8) is 0 Å². The lowest BCUT2D eigenvalue weighted by molar-refractivity contribution is 0.122. The highest BCUT2D eigenvalue weighted by Gasteiger charge is 2.17. The first-order valence-electron chi connectivity index (χ1n) is 5.71. The third-order valence-electron chi connectivity index (χ3n) is 2.93. The molecule has 18 heavy (non-hydrogen) atoms. The highest BCUT2D eigenvalue weighted by atomic mass is 32.1. The van der Waals surface area contributed by atoms with Crippen LogP contribution in [0.3, 0.4) is 0 Å². The fourth-order valence-electron chi connectivity index (χ4n) is 1.96. The van der Waals surface area contributed by atoms with Gasteiger partial charge in [0.15, 0.2) is 11.5 Å². The number of aromatic nitrogens is 4. The van der Waals surface area contributed by atoms with Gasteiger partial charge in [0, 0.05) is 13.1 Å². The Morgan fingerprint density at radius 2 is 2.11 bits per heavy atom. The van der Waals surface area contributed by atoms with E-state index in [1.807, 2.05) is 4.57 Å². The van der Waals surface area contributed by atoms with Gasteiger partial charge in [0.05, 0.1) is 25.4 Å². The van der Waals surface area contributed by atoms with Crippen molar-refractivity contribution in [2.45, 2.75) is 5.88 Å². The largest absolute Gasteiger partial charge is 0.382 e. The van der Waals surface area contributed by atoms with Gasteiger partial charge >= 0.3 is 0 Å². The molecule has 0 bridgehead atoms. The van der Waals surface area contributed by atoms with Crippen molar-refractivity contribution in [1.29, 1.82) is 0 Å². The van der Waals surface area contributed by atoms with Crippen molar-refractivity contribution in [3.8, 4) is 0 Å². The maximum atomic E-state index is 5.92. The zero-order chi connectivity index (χ0) is 12.5. The first-order valence-corrected chi connectivity index (χ1v) is 6.35. The van der Waals surface area contributed by atoms with E-state index in [0.717, 1.165) is 18.7 Å². The average molecular weight is 266 g/mol. The van der Waals surface area contributed by atoms with Gasteiger partial charge in [-0.15, -0.1) is 0 Å². The van der Waals surface area contributed by atoms with Crippen molar-refractivity contribution in [3.05, 3.63) is 6.33 Å². The Hall–Kier alpha value is -1.54. The lowest BCUT2D eigenvalue weighted by atomic mass is 10.4. The Labute approximate surface area is 109 Å². The van der Waals surface area contributed by atoms with Crippen LogP contribution >= 0.6 is 12.6 Å². The molecular formula is C10H14N6OS. The number of hydrogen-bond donors (Lipinski definition) is 2. The topological polar surface area (TPSA) is 82.1 Å². The summed E-state index contributed by atoms with van der Waals surface area (Å²) in [5.41, 5.74) is 7.27. The lowest BCUT2D eigenvalue weighted by Crippen LogP contribution is -2.37. The Kier molecular flexibility index (Phi) is 2.96. The molecule has 0 aliphatic carbocycles. The molecule has 1 fully saturated rings. The minimum Gasteiger partial charge on any atom is -0.382 e. The van der Waals surface area contributed by atoms with Crippen LogP contribution < -0.4 is 10.6 Å². The van der Waals surface area contributed by atoms with Gasteiger partial charge in [-0.25, -0.2) is 4.98 Å². The monoisotopic (exact) mass is 266 g/mol. The quantitative estimate of drug-likeness (QED) is 0.752. The van der Waals surface area contributed by atoms with Gasteiger partial charge in [0.25, 0.3) is 0 Å². The number of nitrogens with two attached hydrogens (primary N) is 1. The molecule has 7 nitrogen and oxygen atoms in total. The van der Waals surface area contributed by atoms with Crippen LogP contribution in [0.5, 0.6) is 0 Å². The van der Waals surface area contributed by atoms with Crippen LogP contribution in [0.2, 0.25) is 0 Å². The normalized spacial score (nSPS) is 16.4. The lowest BCUT2D eigenvalue weighted by Gasteiger charge is -2.26. The Balaban J connectivity index is 2.06. The highest BCUT2D eigenvalue weighted by molar-refractivity contribution is 7.79. The first kappa shape index (κ1) is 11.5. The summed E-state index contributed by atoms with van der Waals surface area (Å²) in [5, 5.41) is 0. The maximum Gasteiger partial charge on any atom is 0.229 e. The van der Waals surface area contributed by atoms with Crippen molar-refractivity contribution >= 4 is 35.6 Å². The van der Waals surface area contributed by atoms with E-state index in [2.05, 4.69) is 32.5 Å². The summed E-state index contributed by atoms with van der Waals surface area (Å²) >= 11 is 4.24. The van der Waals surface area contributed by atoms with Crippen LogP contribution in [0.15, 0.2) is 6.33 Å². The number of fused-ring (bicyclic) bond motifs is 1. The average Bonchev–Trinajstić information content (AvgIpc) is 2.83. The summed E-state index contributed by atoms with van der Waals surface area (Å²) in [7, 11) is 0. The van der Waals surface area contributed by atoms with Gasteiger partial charge in [-0.1, -0.05) is 0 Å². The molecule has 0 atom stereocenters. The Morgan fingerprint density at radius 3 is 2.83 bits per heavy atom. The van der Waals surface area contributed by atoms with E-state index in [9.17, 15) is 0 Å². The molecule has 96 valence electrons. The number of anilines is 2. The fraction of sp³-hybridized carbons (Fsp3) is 0.500. The van der Waals surface area contributed by atoms with Crippen molar-refractivity contribution in [2.75, 3.05) is 36.9 Å². The summed E-state index contributed by atoms with van der Waals surface area (Å²) in [4.78, 5) is 15.1. The maximum absolute atomic E-state index is 5.92. The third-order valence-corrected chi connectivity index (χ3v) is 3.23. The summed E-state index contributed by atoms with van der Waals surface area (Å²) < 4.78 is 7.14. The second-order valence-electron chi connectivity index (χ2n) is 4.04. The molecule has 2 N–H and O–H groups in total. The standard InChI is InChI=1S/C10H14N6OS/c11-8-7-9(16(6-18)5-12-7)14-10(13-8)15-1-3-17-4-2-15/h5,18H,1-4,6H2,(H2,11,13,14). The summed E-state index contributed by atoms with van der Waals surface area (Å²) in [6.07, 6.45) is 1.67. The number of imidazole rings is 1. The van der Waals surface area contributed by atoms with Gasteiger partial charge in [-0.3, -0.25) is 0 Å². The second-order valence-corrected chi connectivity index (χ2v) is 4.32. The number of nitrogen functional groups attached to an aromatic ring is 1. The molecule has 0 aromatic carbocycles. The number of nitrogens with zero attached hydrogens (tertiary/aromatic N) is 5. The minimum absolute atomic E-state index is 0.405. The Morgan fingerprint density at radius 1 is 1.33 bits per heavy atom. The van der Waals surface area contributed by atoms with E-state index in [1.54, 1.807) is 6.33 Å². The molecule has 8 heteroatoms. The first-order chi connectivity index (χ1) is 8.79. The van der Waals surface area contributed by atoms with Crippen molar-refractivity contribution in [2.24, 2.45) is 0 Å². The van der Waals surface area contributed by atoms with Gasteiger partial charge in [0.2, 0.25) is 5.95 Å². The second kappa shape index (κ2) is 4.62. The zero-order valence-corrected chi connectivity index (χ0v) is 10.7. The summed E-state index contributed by atoms with van der Waals surface area (Å²) in [5.74, 6) is 1.55. The predicted molar refractivity (Wildman–Crippen MR) is 71.8 cm³/mol. The van der Waals surface area contributed by atoms with Crippen LogP contribution in [0.4, 0.5) is 11.8 Å². The van der Waals surface area contributed by atoms with E-state index in [0.29, 0.717) is 36.4 Å². The van der Waals surface area contributed by atoms with E-state index in [1.165, 1.54) is 0 Å². The number of rotatable bonds is 2. The number of hydrogen-bond acceptors (Lipinski definition) is 7. The van der Waals surface area contributed by atoms with Crippen LogP contribution in [0, 0.1) is 0 Å². The minimum atomic E-state index is 0.405. The predicted octanol–water partition coefficient (Wildman–Crippen LogP) is 0.132. The molecule has 0 unspecified atom stereocenters. The molecule has 3 rings (SSSR count). The van der Waals surface area contributed by atoms with E-state index in [-0.39, 0.29) is 0 Å². The molecule has 0 spiro atoms. The third kappa shape index (κ3) is 1.87. The van der Waals surface area contributed by atoms with Crippen LogP contribution in [0.1, 0.15) is 0 Å². The number of thiol groups is 1. The van der Waals surface area contributed by atoms with Crippen LogP contribution in [0.25, 0.3) is 11.2 Å². The van der Waals surface area contributed by atoms with E-state index < -0.39 is 0 Å². The molecule has 1 aliphatic heterocycles. The molecule has 0 saturated carbocycles. The Bertz CT molecular complexity index is 565. The highest BCUT2D eigenvalue weighted by Crippen LogP contribution is 2.20. The molecule has 3 heterocycles.